The van der Waals surface area contributed by atoms with Crippen molar-refractivity contribution < 1.29 is 4.79 Å². The summed E-state index contributed by atoms with van der Waals surface area (Å²) in [4.78, 5) is 23.6. The van der Waals surface area contributed by atoms with Crippen molar-refractivity contribution in [3.63, 3.8) is 0 Å². The van der Waals surface area contributed by atoms with Gasteiger partial charge in [-0.3, -0.25) is 4.79 Å². The monoisotopic (exact) mass is 324 g/mol. The van der Waals surface area contributed by atoms with E-state index in [1.165, 1.54) is 0 Å². The number of nitrogens with one attached hydrogen (secondary N) is 2. The minimum absolute atomic E-state index is 0.0290. The highest BCUT2D eigenvalue weighted by atomic mass is 32.2. The van der Waals surface area contributed by atoms with Crippen LogP contribution >= 0.6 is 23.1 Å². The summed E-state index contributed by atoms with van der Waals surface area (Å²) in [5.74, 6) is 2.56. The van der Waals surface area contributed by atoms with E-state index in [1.807, 2.05) is 13.8 Å². The third-order valence-electron chi connectivity index (χ3n) is 2.98. The first-order chi connectivity index (χ1) is 10.2. The van der Waals surface area contributed by atoms with Gasteiger partial charge < -0.3 is 10.3 Å². The van der Waals surface area contributed by atoms with Gasteiger partial charge in [0.15, 0.2) is 0 Å². The fourth-order valence-corrected chi connectivity index (χ4v) is 3.46. The normalized spacial score (nSPS) is 12.3. The molecule has 0 fully saturated rings. The summed E-state index contributed by atoms with van der Waals surface area (Å²) in [5, 5.41) is 6.18. The van der Waals surface area contributed by atoms with Crippen LogP contribution in [0.1, 0.15) is 42.3 Å². The van der Waals surface area contributed by atoms with Crippen molar-refractivity contribution in [2.24, 2.45) is 0 Å². The van der Waals surface area contributed by atoms with Gasteiger partial charge in [0.05, 0.1) is 16.7 Å². The van der Waals surface area contributed by atoms with Gasteiger partial charge in [0.2, 0.25) is 5.91 Å². The van der Waals surface area contributed by atoms with Crippen molar-refractivity contribution in [3.05, 3.63) is 34.3 Å². The van der Waals surface area contributed by atoms with E-state index < -0.39 is 0 Å². The lowest BCUT2D eigenvalue weighted by molar-refractivity contribution is -0.121. The zero-order valence-electron chi connectivity index (χ0n) is 12.3. The Hall–Kier alpha value is -1.34. The molecule has 21 heavy (non-hydrogen) atoms. The Morgan fingerprint density at radius 1 is 1.57 bits per heavy atom. The molecule has 0 radical (unpaired) electrons. The maximum absolute atomic E-state index is 11.9. The lowest BCUT2D eigenvalue weighted by atomic mass is 10.2. The molecule has 0 aromatic carbocycles. The zero-order valence-corrected chi connectivity index (χ0v) is 13.9. The van der Waals surface area contributed by atoms with Crippen LogP contribution in [-0.2, 0) is 10.5 Å². The van der Waals surface area contributed by atoms with Gasteiger partial charge in [-0.25, -0.2) is 9.97 Å². The summed E-state index contributed by atoms with van der Waals surface area (Å²) in [7, 11) is 0. The fourth-order valence-electron chi connectivity index (χ4n) is 1.91. The topological polar surface area (TPSA) is 70.7 Å². The summed E-state index contributed by atoms with van der Waals surface area (Å²) >= 11 is 3.40. The van der Waals surface area contributed by atoms with Crippen molar-refractivity contribution in [1.29, 1.82) is 0 Å². The van der Waals surface area contributed by atoms with E-state index in [0.29, 0.717) is 6.42 Å². The Morgan fingerprint density at radius 2 is 2.43 bits per heavy atom. The Morgan fingerprint density at radius 3 is 3.05 bits per heavy atom. The van der Waals surface area contributed by atoms with Crippen molar-refractivity contribution >= 4 is 29.0 Å². The molecule has 2 aromatic heterocycles. The lowest BCUT2D eigenvalue weighted by Gasteiger charge is -2.14. The standard InChI is InChI=1S/C14H20N4OS2/c1-3-12(14-15-5-6-16-14)18-13(19)4-7-20-8-11-9-21-10(2)17-11/h5-6,9,12H,3-4,7-8H2,1-2H3,(H,15,16)(H,18,19). The number of nitrogens with zero attached hydrogens (tertiary/aromatic N) is 2. The molecule has 1 amide bonds. The third-order valence-corrected chi connectivity index (χ3v) is 4.80. The maximum atomic E-state index is 11.9. The number of aryl methyl sites for hydroxylation is 1. The first kappa shape index (κ1) is 16.0. The zero-order chi connectivity index (χ0) is 15.1. The van der Waals surface area contributed by atoms with Gasteiger partial charge in [-0.15, -0.1) is 11.3 Å². The van der Waals surface area contributed by atoms with Gasteiger partial charge >= 0.3 is 0 Å². The summed E-state index contributed by atoms with van der Waals surface area (Å²) in [6.45, 7) is 4.04. The number of carbonyl (C=O) groups is 1. The number of imidazole rings is 1. The highest BCUT2D eigenvalue weighted by Crippen LogP contribution is 2.16. The molecule has 2 rings (SSSR count). The number of thiazole rings is 1. The lowest BCUT2D eigenvalue weighted by Crippen LogP contribution is -2.29. The quantitative estimate of drug-likeness (QED) is 0.732. The highest BCUT2D eigenvalue weighted by molar-refractivity contribution is 7.98. The van der Waals surface area contributed by atoms with Crippen LogP contribution in [0.4, 0.5) is 0 Å². The molecular formula is C14H20N4OS2. The molecule has 2 N–H and O–H groups in total. The predicted molar refractivity (Wildman–Crippen MR) is 87.4 cm³/mol. The van der Waals surface area contributed by atoms with Gasteiger partial charge in [0, 0.05) is 35.7 Å². The van der Waals surface area contributed by atoms with Crippen molar-refractivity contribution in [2.75, 3.05) is 5.75 Å². The Labute approximate surface area is 133 Å². The van der Waals surface area contributed by atoms with Crippen LogP contribution in [0.3, 0.4) is 0 Å². The molecule has 2 heterocycles. The number of hydrogen-bond donors (Lipinski definition) is 2. The van der Waals surface area contributed by atoms with E-state index in [9.17, 15) is 4.79 Å². The van der Waals surface area contributed by atoms with E-state index in [2.05, 4.69) is 25.6 Å². The molecule has 0 aliphatic heterocycles. The van der Waals surface area contributed by atoms with Gasteiger partial charge in [-0.1, -0.05) is 6.92 Å². The molecule has 0 saturated carbocycles. The van der Waals surface area contributed by atoms with Crippen LogP contribution in [0.5, 0.6) is 0 Å². The molecule has 2 aromatic rings. The van der Waals surface area contributed by atoms with Crippen LogP contribution in [0.25, 0.3) is 0 Å². The number of aromatic nitrogens is 3. The molecule has 0 aliphatic rings. The molecule has 0 spiro atoms. The van der Waals surface area contributed by atoms with Gasteiger partial charge in [0.25, 0.3) is 0 Å². The first-order valence-electron chi connectivity index (χ1n) is 6.96. The second-order valence-electron chi connectivity index (χ2n) is 4.66. The largest absolute Gasteiger partial charge is 0.347 e. The number of rotatable bonds is 8. The Balaban J connectivity index is 1.67. The van der Waals surface area contributed by atoms with Crippen LogP contribution < -0.4 is 5.32 Å². The number of H-pyrrole nitrogens is 1. The van der Waals surface area contributed by atoms with E-state index in [4.69, 9.17) is 0 Å². The molecular weight excluding hydrogens is 304 g/mol. The second kappa shape index (κ2) is 8.19. The van der Waals surface area contributed by atoms with Gasteiger partial charge in [-0.05, 0) is 13.3 Å². The molecule has 1 unspecified atom stereocenters. The van der Waals surface area contributed by atoms with Crippen molar-refractivity contribution in [2.45, 2.75) is 38.5 Å². The second-order valence-corrected chi connectivity index (χ2v) is 6.83. The summed E-state index contributed by atoms with van der Waals surface area (Å²) < 4.78 is 0. The Kier molecular flexibility index (Phi) is 6.25. The van der Waals surface area contributed by atoms with E-state index in [0.717, 1.165) is 34.5 Å². The summed E-state index contributed by atoms with van der Waals surface area (Å²) in [5.41, 5.74) is 1.10. The smallest absolute Gasteiger partial charge is 0.221 e. The minimum Gasteiger partial charge on any atom is -0.347 e. The predicted octanol–water partition coefficient (Wildman–Crippen LogP) is 3.07. The number of carbonyl (C=O) groups excluding carboxylic acids is 1. The summed E-state index contributed by atoms with van der Waals surface area (Å²) in [6.07, 6.45) is 4.82. The number of thioether (sulfide) groups is 1. The maximum Gasteiger partial charge on any atom is 0.221 e. The van der Waals surface area contributed by atoms with E-state index >= 15 is 0 Å². The Bertz CT molecular complexity index is 553. The third kappa shape index (κ3) is 5.17. The summed E-state index contributed by atoms with van der Waals surface area (Å²) in [6, 6.07) is -0.0290. The molecule has 0 saturated heterocycles. The van der Waals surface area contributed by atoms with Crippen LogP contribution in [-0.4, -0.2) is 26.6 Å². The molecule has 0 aliphatic carbocycles. The van der Waals surface area contributed by atoms with Crippen molar-refractivity contribution in [1.82, 2.24) is 20.3 Å². The molecule has 5 nitrogen and oxygen atoms in total. The minimum atomic E-state index is -0.0290. The van der Waals surface area contributed by atoms with Crippen molar-refractivity contribution in [3.8, 4) is 0 Å². The SMILES string of the molecule is CCC(NC(=O)CCSCc1csc(C)n1)c1ncc[nH]1. The molecule has 7 heteroatoms. The molecule has 1 atom stereocenters. The average molecular weight is 324 g/mol. The van der Waals surface area contributed by atoms with Crippen LogP contribution in [0.15, 0.2) is 17.8 Å². The number of amides is 1. The van der Waals surface area contributed by atoms with Gasteiger partial charge in [-0.2, -0.15) is 11.8 Å². The van der Waals surface area contributed by atoms with Crippen LogP contribution in [0.2, 0.25) is 0 Å². The molecule has 114 valence electrons. The van der Waals surface area contributed by atoms with E-state index in [1.54, 1.807) is 35.5 Å². The highest BCUT2D eigenvalue weighted by Gasteiger charge is 2.14. The average Bonchev–Trinajstić information content (AvgIpc) is 3.12. The molecule has 0 bridgehead atoms. The van der Waals surface area contributed by atoms with Gasteiger partial charge in [0.1, 0.15) is 5.82 Å². The first-order valence-corrected chi connectivity index (χ1v) is 9.00. The van der Waals surface area contributed by atoms with E-state index in [-0.39, 0.29) is 11.9 Å². The van der Waals surface area contributed by atoms with Crippen LogP contribution in [0, 0.1) is 6.92 Å². The number of aromatic amines is 1. The number of hydrogen-bond acceptors (Lipinski definition) is 5. The fraction of sp³-hybridized carbons (Fsp3) is 0.500.